The highest BCUT2D eigenvalue weighted by atomic mass is 32.2. The molecule has 3 aliphatic heterocycles. The SMILES string of the molecule is NCCS(=O)(=O)N[C@@H]1C[C@H](N)[C@@H](O[C@H]2O[C@H](CNCCO)[C@@H](O)C[C@H]2N)[C@H](O[C@@H]2O[C@H](CO)[C@@H](O[C@H]3O[C@@H](CN)[C@@H](O)[C@H](O)[C@H]3N)[C@H]2O)[C@H]1O. The largest absolute Gasteiger partial charge is 0.395 e. The first-order valence-corrected chi connectivity index (χ1v) is 18.2. The molecule has 4 fully saturated rings. The maximum absolute atomic E-state index is 12.6. The monoisotopic (exact) mass is 749 g/mol. The molecule has 22 nitrogen and oxygen atoms in total. The quantitative estimate of drug-likeness (QED) is 0.0651. The Labute approximate surface area is 289 Å². The molecule has 4 rings (SSSR count). The van der Waals surface area contributed by atoms with Crippen molar-refractivity contribution in [3.8, 4) is 0 Å². The van der Waals surface area contributed by atoms with E-state index in [0.717, 1.165) is 0 Å². The lowest BCUT2D eigenvalue weighted by Crippen LogP contribution is -2.67. The molecular weight excluding hydrogens is 694 g/mol. The molecule has 50 heavy (non-hydrogen) atoms. The molecular formula is C27H55N7O15S. The first kappa shape index (κ1) is 41.9. The van der Waals surface area contributed by atoms with Crippen LogP contribution in [-0.2, 0) is 38.4 Å². The van der Waals surface area contributed by atoms with E-state index in [1.165, 1.54) is 0 Å². The molecule has 0 aromatic rings. The van der Waals surface area contributed by atoms with Crippen LogP contribution in [0.5, 0.6) is 0 Å². The van der Waals surface area contributed by atoms with Crippen molar-refractivity contribution in [3.05, 3.63) is 0 Å². The third kappa shape index (κ3) is 9.82. The summed E-state index contributed by atoms with van der Waals surface area (Å²) in [5.74, 6) is -0.445. The van der Waals surface area contributed by atoms with E-state index in [9.17, 15) is 39.1 Å². The Morgan fingerprint density at radius 2 is 1.36 bits per heavy atom. The van der Waals surface area contributed by atoms with E-state index in [2.05, 4.69) is 10.0 Å². The zero-order valence-corrected chi connectivity index (χ0v) is 28.3. The second-order valence-electron chi connectivity index (χ2n) is 13.0. The van der Waals surface area contributed by atoms with Crippen LogP contribution >= 0.6 is 0 Å². The average Bonchev–Trinajstić information content (AvgIpc) is 3.36. The lowest BCUT2D eigenvalue weighted by molar-refractivity contribution is -0.296. The van der Waals surface area contributed by atoms with Gasteiger partial charge in [-0.1, -0.05) is 0 Å². The average molecular weight is 750 g/mol. The third-order valence-corrected chi connectivity index (χ3v) is 10.7. The lowest BCUT2D eigenvalue weighted by atomic mass is 9.84. The number of ether oxygens (including phenoxy) is 6. The number of aliphatic hydroxyl groups is 7. The Balaban J connectivity index is 1.56. The number of hydrogen-bond acceptors (Lipinski definition) is 21. The summed E-state index contributed by atoms with van der Waals surface area (Å²) < 4.78 is 63.1. The first-order chi connectivity index (χ1) is 23.7. The molecule has 0 amide bonds. The summed E-state index contributed by atoms with van der Waals surface area (Å²) in [4.78, 5) is 0. The zero-order chi connectivity index (χ0) is 36.9. The Kier molecular flexibility index (Phi) is 15.5. The predicted octanol–water partition coefficient (Wildman–Crippen LogP) is -9.32. The molecule has 1 aliphatic carbocycles. The van der Waals surface area contributed by atoms with Crippen molar-refractivity contribution in [1.29, 1.82) is 0 Å². The fraction of sp³-hybridized carbons (Fsp3) is 1.00. The standard InChI is InChI=1S/C27H55N7O15S/c28-1-4-50(42,43)34-12-5-10(30)22(47-25-11(31)6-13(37)15(45-25)8-33-2-3-35)24(18(12)38)49-27-21(41)23(16(9-36)46-27)48-26-17(32)20(40)19(39)14(7-29)44-26/h10-27,33-41H,1-9,28-32H2/t10-,11+,12+,13-,14-,15+,16+,17+,18-,19+,20+,21+,22+,23+,24+,25+,26+,27-/m0/s1. The maximum Gasteiger partial charge on any atom is 0.213 e. The van der Waals surface area contributed by atoms with Gasteiger partial charge in [0.15, 0.2) is 18.9 Å². The Morgan fingerprint density at radius 1 is 0.720 bits per heavy atom. The van der Waals surface area contributed by atoms with Gasteiger partial charge in [-0.15, -0.1) is 0 Å². The van der Waals surface area contributed by atoms with Gasteiger partial charge in [0.2, 0.25) is 10.0 Å². The number of hydrogen-bond donors (Lipinski definition) is 14. The van der Waals surface area contributed by atoms with Gasteiger partial charge < -0.3 is 98.2 Å². The van der Waals surface area contributed by atoms with Gasteiger partial charge in [-0.05, 0) is 12.8 Å². The second kappa shape index (κ2) is 18.5. The molecule has 1 saturated carbocycles. The highest BCUT2D eigenvalue weighted by Gasteiger charge is 2.54. The van der Waals surface area contributed by atoms with E-state index in [1.54, 1.807) is 0 Å². The van der Waals surface area contributed by atoms with Crippen LogP contribution in [-0.4, -0.2) is 199 Å². The van der Waals surface area contributed by atoms with Crippen LogP contribution in [0.25, 0.3) is 0 Å². The summed E-state index contributed by atoms with van der Waals surface area (Å²) in [6.07, 6.45) is -18.9. The molecule has 294 valence electrons. The molecule has 3 heterocycles. The fourth-order valence-corrected chi connectivity index (χ4v) is 7.67. The topological polar surface area (TPSA) is 385 Å². The number of rotatable bonds is 16. The van der Waals surface area contributed by atoms with E-state index in [1.807, 2.05) is 0 Å². The Hall–Kier alpha value is -0.850. The van der Waals surface area contributed by atoms with E-state index >= 15 is 0 Å². The van der Waals surface area contributed by atoms with Crippen molar-refractivity contribution in [3.63, 3.8) is 0 Å². The minimum Gasteiger partial charge on any atom is -0.395 e. The normalized spacial score (nSPS) is 45.9. The molecule has 19 N–H and O–H groups in total. The molecule has 23 heteroatoms. The summed E-state index contributed by atoms with van der Waals surface area (Å²) in [5, 5.41) is 76.1. The summed E-state index contributed by atoms with van der Waals surface area (Å²) in [6.45, 7) is -0.879. The van der Waals surface area contributed by atoms with E-state index in [-0.39, 0.29) is 45.6 Å². The first-order valence-electron chi connectivity index (χ1n) is 16.6. The number of sulfonamides is 1. The van der Waals surface area contributed by atoms with Gasteiger partial charge in [0, 0.05) is 32.2 Å². The zero-order valence-electron chi connectivity index (χ0n) is 27.4. The van der Waals surface area contributed by atoms with Gasteiger partial charge in [0.05, 0.1) is 55.4 Å². The van der Waals surface area contributed by atoms with E-state index in [0.29, 0.717) is 0 Å². The van der Waals surface area contributed by atoms with Crippen LogP contribution in [0.4, 0.5) is 0 Å². The van der Waals surface area contributed by atoms with Gasteiger partial charge in [-0.25, -0.2) is 13.1 Å². The molecule has 0 radical (unpaired) electrons. The molecule has 18 atom stereocenters. The molecule has 3 saturated heterocycles. The molecule has 0 spiro atoms. The number of nitrogens with one attached hydrogen (secondary N) is 2. The van der Waals surface area contributed by atoms with Gasteiger partial charge >= 0.3 is 0 Å². The molecule has 4 aliphatic rings. The van der Waals surface area contributed by atoms with Gasteiger partial charge in [0.1, 0.15) is 48.8 Å². The molecule has 0 bridgehead atoms. The molecule has 0 aromatic carbocycles. The molecule has 0 unspecified atom stereocenters. The van der Waals surface area contributed by atoms with Gasteiger partial charge in [-0.2, -0.15) is 0 Å². The van der Waals surface area contributed by atoms with Crippen LogP contribution in [0, 0.1) is 0 Å². The summed E-state index contributed by atoms with van der Waals surface area (Å²) in [7, 11) is -3.98. The van der Waals surface area contributed by atoms with Crippen molar-refractivity contribution in [2.24, 2.45) is 28.7 Å². The van der Waals surface area contributed by atoms with Crippen molar-refractivity contribution in [2.75, 3.05) is 45.1 Å². The second-order valence-corrected chi connectivity index (χ2v) is 14.9. The smallest absolute Gasteiger partial charge is 0.213 e. The predicted molar refractivity (Wildman–Crippen MR) is 170 cm³/mol. The maximum atomic E-state index is 12.6. The minimum absolute atomic E-state index is 0.0530. The minimum atomic E-state index is -3.98. The Morgan fingerprint density at radius 3 is 2.00 bits per heavy atom. The lowest BCUT2D eigenvalue weighted by Gasteiger charge is -2.47. The van der Waals surface area contributed by atoms with Crippen molar-refractivity contribution >= 4 is 10.0 Å². The van der Waals surface area contributed by atoms with Crippen LogP contribution in [0.2, 0.25) is 0 Å². The highest BCUT2D eigenvalue weighted by Crippen LogP contribution is 2.34. The fourth-order valence-electron chi connectivity index (χ4n) is 6.55. The summed E-state index contributed by atoms with van der Waals surface area (Å²) in [6, 6.07) is -4.41. The number of aliphatic hydroxyl groups excluding tert-OH is 7. The van der Waals surface area contributed by atoms with Crippen LogP contribution in [0.3, 0.4) is 0 Å². The van der Waals surface area contributed by atoms with Crippen LogP contribution in [0.15, 0.2) is 0 Å². The van der Waals surface area contributed by atoms with Crippen molar-refractivity contribution < 1.29 is 72.6 Å². The van der Waals surface area contributed by atoms with Crippen LogP contribution in [0.1, 0.15) is 12.8 Å². The highest BCUT2D eigenvalue weighted by molar-refractivity contribution is 7.89. The summed E-state index contributed by atoms with van der Waals surface area (Å²) >= 11 is 0. The molecule has 0 aromatic heterocycles. The van der Waals surface area contributed by atoms with Gasteiger partial charge in [0.25, 0.3) is 0 Å². The van der Waals surface area contributed by atoms with E-state index < -0.39 is 133 Å². The van der Waals surface area contributed by atoms with Gasteiger partial charge in [-0.3, -0.25) is 0 Å². The van der Waals surface area contributed by atoms with Crippen molar-refractivity contribution in [1.82, 2.24) is 10.0 Å². The van der Waals surface area contributed by atoms with Crippen molar-refractivity contribution in [2.45, 2.75) is 123 Å². The Bertz CT molecular complexity index is 1150. The third-order valence-electron chi connectivity index (χ3n) is 9.30. The van der Waals surface area contributed by atoms with Crippen LogP contribution < -0.4 is 38.7 Å². The van der Waals surface area contributed by atoms with E-state index in [4.69, 9.17) is 62.2 Å². The number of nitrogens with two attached hydrogens (primary N) is 5. The summed E-state index contributed by atoms with van der Waals surface area (Å²) in [5.41, 5.74) is 29.9.